The highest BCUT2D eigenvalue weighted by molar-refractivity contribution is 5.13. The van der Waals surface area contributed by atoms with E-state index >= 15 is 0 Å². The molecule has 0 radical (unpaired) electrons. The molecule has 17 heavy (non-hydrogen) atoms. The van der Waals surface area contributed by atoms with E-state index in [0.29, 0.717) is 6.42 Å². The topological polar surface area (TPSA) is 40.5 Å². The molecule has 1 aliphatic carbocycles. The van der Waals surface area contributed by atoms with Crippen LogP contribution >= 0.6 is 0 Å². The molecule has 0 saturated heterocycles. The maximum absolute atomic E-state index is 9.87. The van der Waals surface area contributed by atoms with Gasteiger partial charge in [-0.15, -0.1) is 0 Å². The second-order valence-electron chi connectivity index (χ2n) is 4.93. The fourth-order valence-corrected chi connectivity index (χ4v) is 2.11. The van der Waals surface area contributed by atoms with Crippen molar-refractivity contribution in [2.24, 2.45) is 0 Å². The molecule has 0 amide bonds. The summed E-state index contributed by atoms with van der Waals surface area (Å²) in [6.45, 7) is 4.26. The van der Waals surface area contributed by atoms with Crippen molar-refractivity contribution in [2.45, 2.75) is 52.1 Å². The predicted molar refractivity (Wildman–Crippen MR) is 71.8 cm³/mol. The molecule has 0 fully saturated rings. The maximum Gasteiger partial charge on any atom is 0.0761 e. The number of allylic oxidation sites excluding steroid dienone is 3. The second-order valence-corrected chi connectivity index (χ2v) is 4.93. The Balaban J connectivity index is 2.78. The van der Waals surface area contributed by atoms with Crippen LogP contribution in [0, 0.1) is 0 Å². The quantitative estimate of drug-likeness (QED) is 0.687. The fourth-order valence-electron chi connectivity index (χ4n) is 2.11. The van der Waals surface area contributed by atoms with Crippen LogP contribution in [0.1, 0.15) is 46.0 Å². The van der Waals surface area contributed by atoms with Crippen LogP contribution in [0.3, 0.4) is 0 Å². The van der Waals surface area contributed by atoms with Crippen LogP contribution < -0.4 is 0 Å². The Hall–Kier alpha value is -0.860. The highest BCUT2D eigenvalue weighted by Crippen LogP contribution is 2.16. The molecule has 0 aromatic rings. The van der Waals surface area contributed by atoms with E-state index in [-0.39, 0.29) is 6.61 Å². The van der Waals surface area contributed by atoms with Crippen molar-refractivity contribution in [3.63, 3.8) is 0 Å². The van der Waals surface area contributed by atoms with Gasteiger partial charge < -0.3 is 10.2 Å². The minimum Gasteiger partial charge on any atom is -0.392 e. The fraction of sp³-hybridized carbons (Fsp3) is 0.600. The molecule has 0 heterocycles. The van der Waals surface area contributed by atoms with Crippen LogP contribution in [0.4, 0.5) is 0 Å². The molecule has 2 N–H and O–H groups in total. The third kappa shape index (κ3) is 5.85. The lowest BCUT2D eigenvalue weighted by Gasteiger charge is -2.11. The highest BCUT2D eigenvalue weighted by atomic mass is 16.3. The van der Waals surface area contributed by atoms with Gasteiger partial charge in [0.15, 0.2) is 0 Å². The van der Waals surface area contributed by atoms with E-state index in [4.69, 9.17) is 0 Å². The molecular weight excluding hydrogens is 212 g/mol. The lowest BCUT2D eigenvalue weighted by molar-refractivity contribution is 0.219. The summed E-state index contributed by atoms with van der Waals surface area (Å²) in [5.74, 6) is 0. The van der Waals surface area contributed by atoms with Crippen molar-refractivity contribution in [3.8, 4) is 0 Å². The third-order valence-corrected chi connectivity index (χ3v) is 3.15. The molecule has 0 bridgehead atoms. The Morgan fingerprint density at radius 3 is 2.47 bits per heavy atom. The van der Waals surface area contributed by atoms with Gasteiger partial charge in [0, 0.05) is 0 Å². The average molecular weight is 236 g/mol. The minimum absolute atomic E-state index is 0.0483. The zero-order chi connectivity index (χ0) is 12.7. The first-order valence-electron chi connectivity index (χ1n) is 6.41. The van der Waals surface area contributed by atoms with E-state index in [2.05, 4.69) is 26.0 Å². The molecular formula is C15H24O2. The van der Waals surface area contributed by atoms with Gasteiger partial charge in [0.05, 0.1) is 12.7 Å². The van der Waals surface area contributed by atoms with E-state index in [1.54, 1.807) is 0 Å². The van der Waals surface area contributed by atoms with Crippen molar-refractivity contribution in [1.29, 1.82) is 0 Å². The van der Waals surface area contributed by atoms with E-state index in [9.17, 15) is 10.2 Å². The zero-order valence-electron chi connectivity index (χ0n) is 10.9. The van der Waals surface area contributed by atoms with Gasteiger partial charge in [-0.3, -0.25) is 0 Å². The van der Waals surface area contributed by atoms with E-state index < -0.39 is 6.10 Å². The summed E-state index contributed by atoms with van der Waals surface area (Å²) in [6.07, 6.45) is 10.4. The molecule has 0 spiro atoms. The normalized spacial score (nSPS) is 30.1. The molecule has 96 valence electrons. The van der Waals surface area contributed by atoms with E-state index in [1.165, 1.54) is 11.1 Å². The summed E-state index contributed by atoms with van der Waals surface area (Å²) in [5.41, 5.74) is 3.57. The van der Waals surface area contributed by atoms with Gasteiger partial charge in [-0.25, -0.2) is 0 Å². The molecule has 0 aromatic carbocycles. The molecule has 0 aliphatic heterocycles. The SMILES string of the molecule is C/C1=C\CCC(CO)=C[C@H](O)C/C(C)=C/CC1. The lowest BCUT2D eigenvalue weighted by atomic mass is 10.00. The number of aliphatic hydroxyl groups excluding tert-OH is 2. The standard InChI is InChI=1S/C15H24O2/c1-12-5-3-7-13(2)9-15(17)10-14(11-16)8-4-6-12/h6-7,10,15-17H,3-5,8-9,11H2,1-2H3/b12-6+,13-7+,14-10?/t15-/m1/s1. The minimum atomic E-state index is -0.460. The zero-order valence-corrected chi connectivity index (χ0v) is 10.9. The van der Waals surface area contributed by atoms with Crippen LogP contribution in [0.25, 0.3) is 0 Å². The predicted octanol–water partition coefficient (Wildman–Crippen LogP) is 3.12. The summed E-state index contributed by atoms with van der Waals surface area (Å²) >= 11 is 0. The van der Waals surface area contributed by atoms with Crippen molar-refractivity contribution < 1.29 is 10.2 Å². The maximum atomic E-state index is 9.87. The molecule has 0 aromatic heterocycles. The molecule has 2 nitrogen and oxygen atoms in total. The van der Waals surface area contributed by atoms with Crippen molar-refractivity contribution in [1.82, 2.24) is 0 Å². The lowest BCUT2D eigenvalue weighted by Crippen LogP contribution is -2.06. The number of hydrogen-bond acceptors (Lipinski definition) is 2. The van der Waals surface area contributed by atoms with E-state index in [0.717, 1.165) is 31.3 Å². The molecule has 0 saturated carbocycles. The van der Waals surface area contributed by atoms with Crippen LogP contribution in [-0.4, -0.2) is 22.9 Å². The number of rotatable bonds is 1. The second kappa shape index (κ2) is 7.46. The first-order chi connectivity index (χ1) is 8.11. The van der Waals surface area contributed by atoms with Crippen LogP contribution in [-0.2, 0) is 0 Å². The van der Waals surface area contributed by atoms with Gasteiger partial charge in [0.1, 0.15) is 0 Å². The molecule has 2 heteroatoms. The Labute approximate surface area is 104 Å². The molecule has 0 unspecified atom stereocenters. The van der Waals surface area contributed by atoms with Crippen molar-refractivity contribution in [2.75, 3.05) is 6.61 Å². The summed E-state index contributed by atoms with van der Waals surface area (Å²) in [7, 11) is 0. The third-order valence-electron chi connectivity index (χ3n) is 3.15. The number of aliphatic hydroxyl groups is 2. The Bertz CT molecular complexity index is 324. The average Bonchev–Trinajstić information content (AvgIpc) is 2.26. The summed E-state index contributed by atoms with van der Waals surface area (Å²) in [5, 5.41) is 19.1. The van der Waals surface area contributed by atoms with Crippen LogP contribution in [0.15, 0.2) is 34.9 Å². The summed E-state index contributed by atoms with van der Waals surface area (Å²) in [4.78, 5) is 0. The van der Waals surface area contributed by atoms with Gasteiger partial charge in [0.25, 0.3) is 0 Å². The molecule has 1 rings (SSSR count). The Kier molecular flexibility index (Phi) is 6.23. The van der Waals surface area contributed by atoms with E-state index in [1.807, 2.05) is 6.08 Å². The molecule has 1 atom stereocenters. The van der Waals surface area contributed by atoms with Crippen molar-refractivity contribution >= 4 is 0 Å². The largest absolute Gasteiger partial charge is 0.392 e. The Morgan fingerprint density at radius 1 is 1.12 bits per heavy atom. The summed E-state index contributed by atoms with van der Waals surface area (Å²) in [6, 6.07) is 0. The van der Waals surface area contributed by atoms with Gasteiger partial charge in [-0.2, -0.15) is 0 Å². The smallest absolute Gasteiger partial charge is 0.0761 e. The first-order valence-corrected chi connectivity index (χ1v) is 6.41. The van der Waals surface area contributed by atoms with Gasteiger partial charge in [-0.1, -0.05) is 29.4 Å². The highest BCUT2D eigenvalue weighted by Gasteiger charge is 2.05. The van der Waals surface area contributed by atoms with Gasteiger partial charge >= 0.3 is 0 Å². The van der Waals surface area contributed by atoms with Crippen molar-refractivity contribution in [3.05, 3.63) is 34.9 Å². The molecule has 1 aliphatic rings. The number of hydrogen-bond donors (Lipinski definition) is 2. The first kappa shape index (κ1) is 14.2. The van der Waals surface area contributed by atoms with Gasteiger partial charge in [-0.05, 0) is 51.5 Å². The Morgan fingerprint density at radius 2 is 1.76 bits per heavy atom. The van der Waals surface area contributed by atoms with Crippen LogP contribution in [0.5, 0.6) is 0 Å². The van der Waals surface area contributed by atoms with Gasteiger partial charge in [0.2, 0.25) is 0 Å². The van der Waals surface area contributed by atoms with Crippen LogP contribution in [0.2, 0.25) is 0 Å². The summed E-state index contributed by atoms with van der Waals surface area (Å²) < 4.78 is 0. The monoisotopic (exact) mass is 236 g/mol.